The van der Waals surface area contributed by atoms with Crippen LogP contribution < -0.4 is 10.6 Å². The molecule has 11 nitrogen and oxygen atoms in total. The van der Waals surface area contributed by atoms with Crippen LogP contribution in [0, 0.1) is 5.92 Å². The van der Waals surface area contributed by atoms with Gasteiger partial charge < -0.3 is 20.8 Å². The molecular formula is C22H28N8O3S. The van der Waals surface area contributed by atoms with E-state index in [2.05, 4.69) is 42.8 Å². The predicted octanol–water partition coefficient (Wildman–Crippen LogP) is 1.29. The summed E-state index contributed by atoms with van der Waals surface area (Å²) in [5.41, 5.74) is 1.92. The molecule has 0 bridgehead atoms. The number of carbonyl (C=O) groups is 1. The van der Waals surface area contributed by atoms with Crippen molar-refractivity contribution in [3.63, 3.8) is 0 Å². The molecule has 3 heterocycles. The van der Waals surface area contributed by atoms with Gasteiger partial charge in [-0.15, -0.1) is 5.10 Å². The minimum atomic E-state index is -1.22. The number of anilines is 1. The van der Waals surface area contributed by atoms with Crippen LogP contribution in [0.3, 0.4) is 0 Å². The number of aliphatic hydroxyl groups is 2. The van der Waals surface area contributed by atoms with Gasteiger partial charge in [-0.25, -0.2) is 14.6 Å². The molecule has 5 rings (SSSR count). The van der Waals surface area contributed by atoms with Gasteiger partial charge in [0, 0.05) is 30.7 Å². The van der Waals surface area contributed by atoms with E-state index < -0.39 is 24.2 Å². The Bertz CT molecular complexity index is 1160. The number of nitrogens with one attached hydrogen (secondary N) is 2. The van der Waals surface area contributed by atoms with Crippen LogP contribution in [0.15, 0.2) is 29.7 Å². The third-order valence-corrected chi connectivity index (χ3v) is 7.23. The number of nitrogens with zero attached hydrogens (tertiary/aromatic N) is 6. The molecule has 12 heteroatoms. The molecule has 34 heavy (non-hydrogen) atoms. The van der Waals surface area contributed by atoms with Crippen LogP contribution in [0.4, 0.5) is 5.82 Å². The van der Waals surface area contributed by atoms with Gasteiger partial charge in [-0.2, -0.15) is 0 Å². The van der Waals surface area contributed by atoms with E-state index >= 15 is 0 Å². The highest BCUT2D eigenvalue weighted by molar-refractivity contribution is 7.99. The van der Waals surface area contributed by atoms with Crippen molar-refractivity contribution in [1.29, 1.82) is 0 Å². The van der Waals surface area contributed by atoms with E-state index in [-0.39, 0.29) is 12.3 Å². The molecule has 0 aliphatic heterocycles. The molecule has 2 saturated carbocycles. The Kier molecular flexibility index (Phi) is 6.61. The lowest BCUT2D eigenvalue weighted by Gasteiger charge is -2.17. The number of aromatic nitrogens is 6. The summed E-state index contributed by atoms with van der Waals surface area (Å²) in [6, 6.07) is 3.36. The van der Waals surface area contributed by atoms with Gasteiger partial charge >= 0.3 is 0 Å². The summed E-state index contributed by atoms with van der Waals surface area (Å²) in [7, 11) is 0. The molecule has 0 saturated heterocycles. The number of fused-ring (bicyclic) bond motifs is 1. The zero-order chi connectivity index (χ0) is 23.7. The zero-order valence-electron chi connectivity index (χ0n) is 18.8. The number of hydrogen-bond donors (Lipinski definition) is 4. The van der Waals surface area contributed by atoms with Crippen LogP contribution >= 0.6 is 11.8 Å². The average Bonchev–Trinajstić information content (AvgIpc) is 3.49. The molecule has 0 spiro atoms. The lowest BCUT2D eigenvalue weighted by Crippen LogP contribution is -2.38. The van der Waals surface area contributed by atoms with Crippen LogP contribution in [0.2, 0.25) is 0 Å². The highest BCUT2D eigenvalue weighted by atomic mass is 32.2. The summed E-state index contributed by atoms with van der Waals surface area (Å²) < 4.78 is 1.54. The first-order valence-electron chi connectivity index (χ1n) is 11.6. The molecule has 4 N–H and O–H groups in total. The van der Waals surface area contributed by atoms with Crippen LogP contribution in [-0.4, -0.2) is 70.1 Å². The molecule has 2 fully saturated rings. The maximum atomic E-state index is 12.8. The molecule has 3 aromatic heterocycles. The summed E-state index contributed by atoms with van der Waals surface area (Å²) >= 11 is 1.55. The van der Waals surface area contributed by atoms with Gasteiger partial charge in [0.25, 0.3) is 0 Å². The fourth-order valence-electron chi connectivity index (χ4n) is 4.15. The third kappa shape index (κ3) is 4.70. The van der Waals surface area contributed by atoms with Crippen LogP contribution in [-0.2, 0) is 11.3 Å². The van der Waals surface area contributed by atoms with Gasteiger partial charge in [0.15, 0.2) is 22.1 Å². The van der Waals surface area contributed by atoms with E-state index in [1.807, 2.05) is 12.1 Å². The number of carbonyl (C=O) groups excluding carboxylic acids is 1. The Morgan fingerprint density at radius 1 is 1.21 bits per heavy atom. The quantitative estimate of drug-likeness (QED) is 0.258. The van der Waals surface area contributed by atoms with Crippen molar-refractivity contribution in [2.24, 2.45) is 5.92 Å². The monoisotopic (exact) mass is 484 g/mol. The summed E-state index contributed by atoms with van der Waals surface area (Å²) in [6.07, 6.45) is 4.28. The number of thioether (sulfide) groups is 1. The Morgan fingerprint density at radius 3 is 2.74 bits per heavy atom. The van der Waals surface area contributed by atoms with Crippen molar-refractivity contribution < 1.29 is 15.0 Å². The number of aliphatic hydroxyl groups excluding tert-OH is 2. The fourth-order valence-corrected chi connectivity index (χ4v) is 4.84. The van der Waals surface area contributed by atoms with Crippen molar-refractivity contribution in [1.82, 2.24) is 35.3 Å². The van der Waals surface area contributed by atoms with Gasteiger partial charge in [0.1, 0.15) is 6.10 Å². The average molecular weight is 485 g/mol. The van der Waals surface area contributed by atoms with E-state index in [9.17, 15) is 15.0 Å². The van der Waals surface area contributed by atoms with Gasteiger partial charge in [0.05, 0.1) is 18.1 Å². The van der Waals surface area contributed by atoms with Gasteiger partial charge in [-0.05, 0) is 43.4 Å². The Labute approximate surface area is 200 Å². The summed E-state index contributed by atoms with van der Waals surface area (Å²) in [5, 5.41) is 36.9. The van der Waals surface area contributed by atoms with E-state index in [0.717, 1.165) is 30.6 Å². The lowest BCUT2D eigenvalue weighted by atomic mass is 10.0. The standard InChI is InChI=1S/C22H28N8O3S/c1-2-9-34-22-26-19(25-13-3-4-13)16-20(27-22)30(29-28-16)15-10-14(17(31)18(15)32)21(33)24-11-12-5-7-23-8-6-12/h5-8,13-15,17-18,31-32H,2-4,9-11H2,1H3,(H,24,33)(H,25,26,27). The largest absolute Gasteiger partial charge is 0.390 e. The minimum absolute atomic E-state index is 0.218. The molecule has 2 aliphatic rings. The first kappa shape index (κ1) is 22.9. The second kappa shape index (κ2) is 9.80. The molecule has 0 radical (unpaired) electrons. The van der Waals surface area contributed by atoms with Crippen LogP contribution in [0.1, 0.15) is 44.2 Å². The lowest BCUT2D eigenvalue weighted by molar-refractivity contribution is -0.129. The first-order chi connectivity index (χ1) is 16.5. The Hall–Kier alpha value is -2.83. The topological polar surface area (TPSA) is 151 Å². The maximum Gasteiger partial charge on any atom is 0.226 e. The number of pyridine rings is 1. The predicted molar refractivity (Wildman–Crippen MR) is 126 cm³/mol. The molecule has 3 aromatic rings. The summed E-state index contributed by atoms with van der Waals surface area (Å²) in [4.78, 5) is 26.1. The van der Waals surface area contributed by atoms with Crippen LogP contribution in [0.25, 0.3) is 11.2 Å². The van der Waals surface area contributed by atoms with Crippen LogP contribution in [0.5, 0.6) is 0 Å². The molecule has 4 unspecified atom stereocenters. The SMILES string of the molecule is CCCSc1nc(NC2CC2)c2nnn(C3CC(C(=O)NCc4ccncc4)C(O)C3O)c2n1. The second-order valence-electron chi connectivity index (χ2n) is 8.79. The number of amides is 1. The maximum absolute atomic E-state index is 12.8. The molecular weight excluding hydrogens is 456 g/mol. The highest BCUT2D eigenvalue weighted by Crippen LogP contribution is 2.37. The van der Waals surface area contributed by atoms with E-state index in [1.54, 1.807) is 24.2 Å². The second-order valence-corrected chi connectivity index (χ2v) is 9.85. The smallest absolute Gasteiger partial charge is 0.226 e. The zero-order valence-corrected chi connectivity index (χ0v) is 19.6. The van der Waals surface area contributed by atoms with Gasteiger partial charge in [-0.1, -0.05) is 23.9 Å². The summed E-state index contributed by atoms with van der Waals surface area (Å²) in [5.74, 6) is 0.415. The van der Waals surface area contributed by atoms with E-state index in [1.165, 1.54) is 4.68 Å². The Morgan fingerprint density at radius 2 is 2.00 bits per heavy atom. The van der Waals surface area contributed by atoms with Crippen molar-refractivity contribution in [3.8, 4) is 0 Å². The molecule has 2 aliphatic carbocycles. The van der Waals surface area contributed by atoms with Gasteiger partial charge in [0.2, 0.25) is 5.91 Å². The van der Waals surface area contributed by atoms with Crippen molar-refractivity contribution in [2.75, 3.05) is 11.1 Å². The minimum Gasteiger partial charge on any atom is -0.390 e. The molecule has 4 atom stereocenters. The van der Waals surface area contributed by atoms with Gasteiger partial charge in [-0.3, -0.25) is 9.78 Å². The van der Waals surface area contributed by atoms with E-state index in [0.29, 0.717) is 34.7 Å². The van der Waals surface area contributed by atoms with Crippen molar-refractivity contribution in [3.05, 3.63) is 30.1 Å². The number of rotatable bonds is 9. The summed E-state index contributed by atoms with van der Waals surface area (Å²) in [6.45, 7) is 2.41. The Balaban J connectivity index is 1.38. The fraction of sp³-hybridized carbons (Fsp3) is 0.545. The first-order valence-corrected chi connectivity index (χ1v) is 12.6. The third-order valence-electron chi connectivity index (χ3n) is 6.18. The number of hydrogen-bond acceptors (Lipinski definition) is 10. The molecule has 1 amide bonds. The highest BCUT2D eigenvalue weighted by Gasteiger charge is 2.47. The normalized spacial score (nSPS) is 24.4. The van der Waals surface area contributed by atoms with E-state index in [4.69, 9.17) is 0 Å². The molecule has 0 aromatic carbocycles. The molecule has 180 valence electrons. The van der Waals surface area contributed by atoms with Crippen molar-refractivity contribution in [2.45, 2.75) is 68.6 Å². The van der Waals surface area contributed by atoms with Crippen molar-refractivity contribution >= 4 is 34.7 Å².